The second-order valence-corrected chi connectivity index (χ2v) is 4.34. The van der Waals surface area contributed by atoms with Gasteiger partial charge in [-0.1, -0.05) is 23.2 Å². The smallest absolute Gasteiger partial charge is 0.339 e. The van der Waals surface area contributed by atoms with E-state index in [-0.39, 0.29) is 26.9 Å². The molecule has 2 rings (SSSR count). The number of carbonyl (C=O) groups is 2. The van der Waals surface area contributed by atoms with Crippen LogP contribution in [0.1, 0.15) is 20.7 Å². The summed E-state index contributed by atoms with van der Waals surface area (Å²) in [5.41, 5.74) is -0.0636. The van der Waals surface area contributed by atoms with Crippen LogP contribution in [0.5, 0.6) is 0 Å². The lowest BCUT2D eigenvalue weighted by atomic mass is 10.1. The van der Waals surface area contributed by atoms with Crippen molar-refractivity contribution in [1.29, 1.82) is 0 Å². The Balaban J connectivity index is 2.42. The van der Waals surface area contributed by atoms with Gasteiger partial charge in [-0.2, -0.15) is 5.10 Å². The number of hydrogen-bond donors (Lipinski definition) is 3. The molecule has 0 spiro atoms. The highest BCUT2D eigenvalue weighted by atomic mass is 35.5. The Morgan fingerprint density at radius 3 is 2.53 bits per heavy atom. The molecule has 98 valence electrons. The van der Waals surface area contributed by atoms with Gasteiger partial charge in [0, 0.05) is 6.20 Å². The molecule has 0 fully saturated rings. The number of amides is 1. The van der Waals surface area contributed by atoms with Crippen molar-refractivity contribution in [1.82, 2.24) is 10.2 Å². The van der Waals surface area contributed by atoms with Crippen molar-refractivity contribution in [2.45, 2.75) is 0 Å². The third-order valence-electron chi connectivity index (χ3n) is 2.32. The molecule has 0 saturated heterocycles. The van der Waals surface area contributed by atoms with E-state index in [0.717, 1.165) is 0 Å². The highest BCUT2D eigenvalue weighted by molar-refractivity contribution is 6.38. The summed E-state index contributed by atoms with van der Waals surface area (Å²) in [6.07, 6.45) is 2.67. The molecular formula is C11H7Cl2N3O3. The SMILES string of the molecule is O=C(Nc1c(Cl)ccc(Cl)c1C(=O)O)c1cn[nH]c1. The van der Waals surface area contributed by atoms with Crippen LogP contribution < -0.4 is 5.32 Å². The Hall–Kier alpha value is -2.05. The van der Waals surface area contributed by atoms with E-state index in [0.29, 0.717) is 0 Å². The number of halogens is 2. The zero-order valence-corrected chi connectivity index (χ0v) is 10.8. The van der Waals surface area contributed by atoms with E-state index in [1.165, 1.54) is 24.5 Å². The number of carbonyl (C=O) groups excluding carboxylic acids is 1. The summed E-state index contributed by atoms with van der Waals surface area (Å²) >= 11 is 11.7. The molecule has 19 heavy (non-hydrogen) atoms. The van der Waals surface area contributed by atoms with Crippen LogP contribution in [0.25, 0.3) is 0 Å². The molecule has 1 heterocycles. The maximum Gasteiger partial charge on any atom is 0.339 e. The maximum absolute atomic E-state index is 11.8. The predicted molar refractivity (Wildman–Crippen MR) is 70.0 cm³/mol. The van der Waals surface area contributed by atoms with E-state index in [2.05, 4.69) is 15.5 Å². The molecule has 0 aliphatic rings. The summed E-state index contributed by atoms with van der Waals surface area (Å²) in [5, 5.41) is 17.7. The van der Waals surface area contributed by atoms with E-state index in [1.54, 1.807) is 0 Å². The van der Waals surface area contributed by atoms with Crippen molar-refractivity contribution in [3.05, 3.63) is 45.7 Å². The molecule has 6 nitrogen and oxygen atoms in total. The Kier molecular flexibility index (Phi) is 3.73. The molecule has 1 amide bonds. The van der Waals surface area contributed by atoms with Crippen LogP contribution in [0, 0.1) is 0 Å². The van der Waals surface area contributed by atoms with Gasteiger partial charge in [0.1, 0.15) is 5.56 Å². The molecule has 3 N–H and O–H groups in total. The summed E-state index contributed by atoms with van der Waals surface area (Å²) in [7, 11) is 0. The van der Waals surface area contributed by atoms with Gasteiger partial charge in [-0.15, -0.1) is 0 Å². The van der Waals surface area contributed by atoms with Crippen molar-refractivity contribution in [3.63, 3.8) is 0 Å². The van der Waals surface area contributed by atoms with Crippen molar-refractivity contribution < 1.29 is 14.7 Å². The van der Waals surface area contributed by atoms with Gasteiger partial charge in [0.2, 0.25) is 0 Å². The minimum atomic E-state index is -1.28. The number of aromatic amines is 1. The van der Waals surface area contributed by atoms with Gasteiger partial charge in [-0.3, -0.25) is 9.89 Å². The fraction of sp³-hybridized carbons (Fsp3) is 0. The normalized spacial score (nSPS) is 10.2. The van der Waals surface area contributed by atoms with E-state index in [1.807, 2.05) is 0 Å². The van der Waals surface area contributed by atoms with Gasteiger partial charge >= 0.3 is 5.97 Å². The lowest BCUT2D eigenvalue weighted by molar-refractivity contribution is 0.0698. The van der Waals surface area contributed by atoms with Crippen molar-refractivity contribution in [3.8, 4) is 0 Å². The first-order chi connectivity index (χ1) is 9.00. The molecule has 0 aliphatic heterocycles. The number of rotatable bonds is 3. The van der Waals surface area contributed by atoms with Crippen LogP contribution in [0.4, 0.5) is 5.69 Å². The van der Waals surface area contributed by atoms with Gasteiger partial charge < -0.3 is 10.4 Å². The number of H-pyrrole nitrogens is 1. The standard InChI is InChI=1S/C11H7Cl2N3O3/c12-6-1-2-7(13)9(8(6)11(18)19)16-10(17)5-3-14-15-4-5/h1-4H,(H,14,15)(H,16,17)(H,18,19). The fourth-order valence-corrected chi connectivity index (χ4v) is 1.89. The average Bonchev–Trinajstić information content (AvgIpc) is 2.87. The first-order valence-electron chi connectivity index (χ1n) is 5.02. The first kappa shape index (κ1) is 13.4. The van der Waals surface area contributed by atoms with Crippen LogP contribution in [0.3, 0.4) is 0 Å². The van der Waals surface area contributed by atoms with Crippen LogP contribution in [-0.4, -0.2) is 27.2 Å². The lowest BCUT2D eigenvalue weighted by Crippen LogP contribution is -2.15. The molecule has 0 bridgehead atoms. The number of aromatic carboxylic acids is 1. The zero-order valence-electron chi connectivity index (χ0n) is 9.28. The van der Waals surface area contributed by atoms with E-state index >= 15 is 0 Å². The van der Waals surface area contributed by atoms with E-state index < -0.39 is 11.9 Å². The van der Waals surface area contributed by atoms with Crippen molar-refractivity contribution in [2.75, 3.05) is 5.32 Å². The maximum atomic E-state index is 11.8. The number of nitrogens with zero attached hydrogens (tertiary/aromatic N) is 1. The fourth-order valence-electron chi connectivity index (χ4n) is 1.44. The minimum Gasteiger partial charge on any atom is -0.478 e. The van der Waals surface area contributed by atoms with Crippen LogP contribution in [0.2, 0.25) is 10.0 Å². The summed E-state index contributed by atoms with van der Waals surface area (Å²) in [6.45, 7) is 0. The van der Waals surface area contributed by atoms with Gasteiger partial charge in [0.15, 0.2) is 0 Å². The molecule has 0 aliphatic carbocycles. The number of aromatic nitrogens is 2. The number of carboxylic acids is 1. The average molecular weight is 300 g/mol. The third kappa shape index (κ3) is 2.69. The molecule has 1 aromatic carbocycles. The van der Waals surface area contributed by atoms with E-state index in [9.17, 15) is 9.59 Å². The summed E-state index contributed by atoms with van der Waals surface area (Å²) in [4.78, 5) is 23.0. The first-order valence-corrected chi connectivity index (χ1v) is 5.77. The topological polar surface area (TPSA) is 95.1 Å². The number of nitrogens with one attached hydrogen (secondary N) is 2. The molecule has 0 radical (unpaired) electrons. The highest BCUT2D eigenvalue weighted by Gasteiger charge is 2.20. The molecule has 8 heteroatoms. The summed E-state index contributed by atoms with van der Waals surface area (Å²) < 4.78 is 0. The largest absolute Gasteiger partial charge is 0.478 e. The van der Waals surface area contributed by atoms with Crippen molar-refractivity contribution >= 4 is 40.8 Å². The summed E-state index contributed by atoms with van der Waals surface area (Å²) in [5.74, 6) is -1.82. The Bertz CT molecular complexity index is 641. The van der Waals surface area contributed by atoms with Gasteiger partial charge in [-0.05, 0) is 12.1 Å². The van der Waals surface area contributed by atoms with Gasteiger partial charge in [0.05, 0.1) is 27.5 Å². The molecule has 0 unspecified atom stereocenters. The Morgan fingerprint density at radius 1 is 1.26 bits per heavy atom. The minimum absolute atomic E-state index is 0.0145. The predicted octanol–water partition coefficient (Wildman–Crippen LogP) is 2.67. The van der Waals surface area contributed by atoms with Gasteiger partial charge in [-0.25, -0.2) is 4.79 Å². The Labute approximate surface area is 117 Å². The second kappa shape index (κ2) is 5.29. The Morgan fingerprint density at radius 2 is 1.95 bits per heavy atom. The van der Waals surface area contributed by atoms with Crippen LogP contribution >= 0.6 is 23.2 Å². The molecule has 2 aromatic rings. The number of carboxylic acid groups (broad SMARTS) is 1. The quantitative estimate of drug-likeness (QED) is 0.812. The van der Waals surface area contributed by atoms with Crippen molar-refractivity contribution in [2.24, 2.45) is 0 Å². The highest BCUT2D eigenvalue weighted by Crippen LogP contribution is 2.32. The zero-order chi connectivity index (χ0) is 14.0. The summed E-state index contributed by atoms with van der Waals surface area (Å²) in [6, 6.07) is 2.75. The molecule has 0 atom stereocenters. The molecular weight excluding hydrogens is 293 g/mol. The van der Waals surface area contributed by atoms with Crippen LogP contribution in [-0.2, 0) is 0 Å². The van der Waals surface area contributed by atoms with Gasteiger partial charge in [0.25, 0.3) is 5.91 Å². The number of hydrogen-bond acceptors (Lipinski definition) is 3. The second-order valence-electron chi connectivity index (χ2n) is 3.53. The monoisotopic (exact) mass is 299 g/mol. The number of anilines is 1. The molecule has 0 saturated carbocycles. The third-order valence-corrected chi connectivity index (χ3v) is 2.95. The van der Waals surface area contributed by atoms with E-state index in [4.69, 9.17) is 28.3 Å². The van der Waals surface area contributed by atoms with Crippen LogP contribution in [0.15, 0.2) is 24.5 Å². The molecule has 1 aromatic heterocycles. The number of benzene rings is 1. The lowest BCUT2D eigenvalue weighted by Gasteiger charge is -2.11.